The van der Waals surface area contributed by atoms with E-state index >= 15 is 0 Å². The van der Waals surface area contributed by atoms with Crippen molar-refractivity contribution >= 4 is 16.6 Å². The quantitative estimate of drug-likeness (QED) is 0.785. The van der Waals surface area contributed by atoms with E-state index in [9.17, 15) is 4.39 Å². The molecular formula is C17H15FN2O. The first-order valence-corrected chi connectivity index (χ1v) is 6.67. The second-order valence-electron chi connectivity index (χ2n) is 4.74. The van der Waals surface area contributed by atoms with Crippen molar-refractivity contribution in [1.29, 1.82) is 0 Å². The van der Waals surface area contributed by atoms with Gasteiger partial charge in [-0.25, -0.2) is 4.39 Å². The summed E-state index contributed by atoms with van der Waals surface area (Å²) in [5.41, 5.74) is 2.71. The van der Waals surface area contributed by atoms with Gasteiger partial charge >= 0.3 is 0 Å². The number of benzene rings is 2. The predicted molar refractivity (Wildman–Crippen MR) is 82.0 cm³/mol. The van der Waals surface area contributed by atoms with Gasteiger partial charge in [0.1, 0.15) is 0 Å². The number of rotatable bonds is 4. The highest BCUT2D eigenvalue weighted by Gasteiger charge is 2.03. The number of aromatic nitrogens is 1. The Bertz CT molecular complexity index is 774. The molecule has 3 rings (SSSR count). The number of ether oxygens (including phenoxy) is 1. The van der Waals surface area contributed by atoms with Crippen LogP contribution in [0.4, 0.5) is 10.1 Å². The molecule has 1 aromatic heterocycles. The first kappa shape index (κ1) is 13.4. The molecule has 0 bridgehead atoms. The number of fused-ring (bicyclic) bond motifs is 1. The van der Waals surface area contributed by atoms with Crippen molar-refractivity contribution in [1.82, 2.24) is 4.98 Å². The van der Waals surface area contributed by atoms with Gasteiger partial charge in [0.2, 0.25) is 0 Å². The molecule has 0 radical (unpaired) electrons. The lowest BCUT2D eigenvalue weighted by Gasteiger charge is -2.08. The summed E-state index contributed by atoms with van der Waals surface area (Å²) in [7, 11) is 1.46. The van der Waals surface area contributed by atoms with Crippen LogP contribution >= 0.6 is 0 Å². The van der Waals surface area contributed by atoms with Gasteiger partial charge in [-0.1, -0.05) is 24.3 Å². The molecule has 1 N–H and O–H groups in total. The van der Waals surface area contributed by atoms with Crippen LogP contribution in [0.3, 0.4) is 0 Å². The Morgan fingerprint density at radius 3 is 2.81 bits per heavy atom. The molecule has 0 aliphatic heterocycles. The van der Waals surface area contributed by atoms with Crippen LogP contribution in [0.25, 0.3) is 10.9 Å². The molecule has 2 aromatic carbocycles. The number of hydrogen-bond donors (Lipinski definition) is 1. The van der Waals surface area contributed by atoms with Crippen molar-refractivity contribution in [2.75, 3.05) is 12.4 Å². The van der Waals surface area contributed by atoms with Crippen LogP contribution in [0, 0.1) is 5.82 Å². The lowest BCUT2D eigenvalue weighted by atomic mass is 10.2. The van der Waals surface area contributed by atoms with Crippen molar-refractivity contribution in [3.8, 4) is 5.75 Å². The molecule has 0 unspecified atom stereocenters. The van der Waals surface area contributed by atoms with E-state index in [-0.39, 0.29) is 11.6 Å². The zero-order valence-corrected chi connectivity index (χ0v) is 11.6. The Hall–Kier alpha value is -2.62. The maximum Gasteiger partial charge on any atom is 0.165 e. The number of methoxy groups -OCH3 is 1. The number of anilines is 1. The van der Waals surface area contributed by atoms with Crippen molar-refractivity contribution in [3.63, 3.8) is 0 Å². The minimum absolute atomic E-state index is 0.256. The fourth-order valence-corrected chi connectivity index (χ4v) is 2.19. The van der Waals surface area contributed by atoms with Gasteiger partial charge in [0.15, 0.2) is 11.6 Å². The van der Waals surface area contributed by atoms with Gasteiger partial charge in [0.25, 0.3) is 0 Å². The zero-order valence-electron chi connectivity index (χ0n) is 11.6. The van der Waals surface area contributed by atoms with Crippen molar-refractivity contribution in [3.05, 3.63) is 66.1 Å². The summed E-state index contributed by atoms with van der Waals surface area (Å²) in [5.74, 6) is -0.0976. The maximum atomic E-state index is 13.6. The molecule has 4 heteroatoms. The van der Waals surface area contributed by atoms with E-state index in [0.717, 1.165) is 22.2 Å². The Morgan fingerprint density at radius 2 is 2.00 bits per heavy atom. The van der Waals surface area contributed by atoms with Crippen LogP contribution in [0.1, 0.15) is 5.56 Å². The monoisotopic (exact) mass is 282 g/mol. The van der Waals surface area contributed by atoms with E-state index in [1.807, 2.05) is 36.4 Å². The molecular weight excluding hydrogens is 267 g/mol. The van der Waals surface area contributed by atoms with E-state index < -0.39 is 0 Å². The summed E-state index contributed by atoms with van der Waals surface area (Å²) in [6, 6.07) is 14.9. The van der Waals surface area contributed by atoms with Crippen LogP contribution in [-0.2, 0) is 6.54 Å². The van der Waals surface area contributed by atoms with Gasteiger partial charge in [0.05, 0.1) is 24.5 Å². The van der Waals surface area contributed by atoms with E-state index in [0.29, 0.717) is 6.54 Å². The van der Waals surface area contributed by atoms with Crippen LogP contribution in [0.2, 0.25) is 0 Å². The third-order valence-corrected chi connectivity index (χ3v) is 3.30. The van der Waals surface area contributed by atoms with Crippen LogP contribution in [-0.4, -0.2) is 12.1 Å². The summed E-state index contributed by atoms with van der Waals surface area (Å²) in [4.78, 5) is 4.38. The molecule has 106 valence electrons. The molecule has 3 nitrogen and oxygen atoms in total. The summed E-state index contributed by atoms with van der Waals surface area (Å²) in [5, 5.41) is 4.32. The SMILES string of the molecule is COc1ccc(CNc2cnc3ccccc3c2)cc1F. The first-order chi connectivity index (χ1) is 10.3. The standard InChI is InChI=1S/C17H15FN2O/c1-21-17-7-6-12(8-15(17)18)10-19-14-9-13-4-2-3-5-16(13)20-11-14/h2-9,11,19H,10H2,1H3. The highest BCUT2D eigenvalue weighted by atomic mass is 19.1. The largest absolute Gasteiger partial charge is 0.494 e. The molecule has 0 spiro atoms. The highest BCUT2D eigenvalue weighted by molar-refractivity contribution is 5.81. The Balaban J connectivity index is 1.75. The number of halogens is 1. The zero-order chi connectivity index (χ0) is 14.7. The van der Waals surface area contributed by atoms with Gasteiger partial charge in [-0.2, -0.15) is 0 Å². The van der Waals surface area contributed by atoms with Gasteiger partial charge in [-0.15, -0.1) is 0 Å². The molecule has 0 aliphatic carbocycles. The Kier molecular flexibility index (Phi) is 3.69. The number of para-hydroxylation sites is 1. The summed E-state index contributed by atoms with van der Waals surface area (Å²) in [6.45, 7) is 0.529. The Morgan fingerprint density at radius 1 is 1.14 bits per heavy atom. The molecule has 0 atom stereocenters. The summed E-state index contributed by atoms with van der Waals surface area (Å²) >= 11 is 0. The molecule has 0 saturated carbocycles. The minimum atomic E-state index is -0.353. The number of nitrogens with zero attached hydrogens (tertiary/aromatic N) is 1. The lowest BCUT2D eigenvalue weighted by molar-refractivity contribution is 0.386. The average molecular weight is 282 g/mol. The molecule has 0 aliphatic rings. The van der Waals surface area contributed by atoms with Gasteiger partial charge in [-0.3, -0.25) is 4.98 Å². The molecule has 1 heterocycles. The summed E-state index contributed by atoms with van der Waals surface area (Å²) in [6.07, 6.45) is 1.78. The van der Waals surface area contributed by atoms with Crippen molar-refractivity contribution in [2.24, 2.45) is 0 Å². The van der Waals surface area contributed by atoms with Crippen molar-refractivity contribution in [2.45, 2.75) is 6.54 Å². The number of hydrogen-bond acceptors (Lipinski definition) is 3. The second-order valence-corrected chi connectivity index (χ2v) is 4.74. The fourth-order valence-electron chi connectivity index (χ4n) is 2.19. The normalized spacial score (nSPS) is 10.6. The molecule has 0 amide bonds. The van der Waals surface area contributed by atoms with Crippen LogP contribution in [0.5, 0.6) is 5.75 Å². The molecule has 3 aromatic rings. The maximum absolute atomic E-state index is 13.6. The van der Waals surface area contributed by atoms with E-state index in [1.165, 1.54) is 13.2 Å². The lowest BCUT2D eigenvalue weighted by Crippen LogP contribution is -2.01. The average Bonchev–Trinajstić information content (AvgIpc) is 2.53. The second kappa shape index (κ2) is 5.79. The van der Waals surface area contributed by atoms with Crippen LogP contribution < -0.4 is 10.1 Å². The van der Waals surface area contributed by atoms with Gasteiger partial charge in [0, 0.05) is 11.9 Å². The third kappa shape index (κ3) is 2.94. The smallest absolute Gasteiger partial charge is 0.165 e. The topological polar surface area (TPSA) is 34.1 Å². The number of nitrogens with one attached hydrogen (secondary N) is 1. The molecule has 0 saturated heterocycles. The van der Waals surface area contributed by atoms with Crippen LogP contribution in [0.15, 0.2) is 54.7 Å². The van der Waals surface area contributed by atoms with E-state index in [2.05, 4.69) is 10.3 Å². The fraction of sp³-hybridized carbons (Fsp3) is 0.118. The van der Waals surface area contributed by atoms with E-state index in [4.69, 9.17) is 4.74 Å². The highest BCUT2D eigenvalue weighted by Crippen LogP contribution is 2.20. The number of pyridine rings is 1. The van der Waals surface area contributed by atoms with E-state index in [1.54, 1.807) is 12.3 Å². The van der Waals surface area contributed by atoms with Gasteiger partial charge < -0.3 is 10.1 Å². The molecule has 0 fully saturated rings. The first-order valence-electron chi connectivity index (χ1n) is 6.67. The minimum Gasteiger partial charge on any atom is -0.494 e. The van der Waals surface area contributed by atoms with Crippen molar-refractivity contribution < 1.29 is 9.13 Å². The molecule has 21 heavy (non-hydrogen) atoms. The predicted octanol–water partition coefficient (Wildman–Crippen LogP) is 3.99. The Labute approximate surface area is 122 Å². The van der Waals surface area contributed by atoms with Gasteiger partial charge in [-0.05, 0) is 29.8 Å². The summed E-state index contributed by atoms with van der Waals surface area (Å²) < 4.78 is 18.5. The third-order valence-electron chi connectivity index (χ3n) is 3.30.